The van der Waals surface area contributed by atoms with Gasteiger partial charge in [-0.25, -0.2) is 0 Å². The zero-order chi connectivity index (χ0) is 11.4. The number of anilines is 1. The van der Waals surface area contributed by atoms with Gasteiger partial charge in [0.15, 0.2) is 0 Å². The molecule has 1 fully saturated rings. The quantitative estimate of drug-likeness (QED) is 0.845. The van der Waals surface area contributed by atoms with Crippen LogP contribution in [0.25, 0.3) is 0 Å². The monoisotopic (exact) mass is 220 g/mol. The first-order valence-corrected chi connectivity index (χ1v) is 6.13. The van der Waals surface area contributed by atoms with Gasteiger partial charge >= 0.3 is 0 Å². The number of hydrogen-bond donors (Lipinski definition) is 1. The minimum atomic E-state index is 0.0815. The highest BCUT2D eigenvalue weighted by molar-refractivity contribution is 5.52. The Labute approximate surface area is 97.1 Å². The number of hydrogen-bond acceptors (Lipinski definition) is 3. The fraction of sp³-hybridized carbons (Fsp3) is 0.615. The molecule has 0 aliphatic carbocycles. The first-order chi connectivity index (χ1) is 7.85. The van der Waals surface area contributed by atoms with Gasteiger partial charge in [0, 0.05) is 36.7 Å². The Morgan fingerprint density at radius 3 is 3.19 bits per heavy atom. The van der Waals surface area contributed by atoms with E-state index in [1.165, 1.54) is 19.3 Å². The van der Waals surface area contributed by atoms with E-state index in [4.69, 9.17) is 0 Å². The van der Waals surface area contributed by atoms with Crippen LogP contribution in [0.2, 0.25) is 0 Å². The first kappa shape index (κ1) is 11.4. The smallest absolute Gasteiger partial charge is 0.0717 e. The lowest BCUT2D eigenvalue weighted by atomic mass is 10.0. The Hall–Kier alpha value is -1.09. The molecular weight excluding hydrogens is 200 g/mol. The third-order valence-corrected chi connectivity index (χ3v) is 3.37. The molecular formula is C13H20N2O. The molecule has 0 saturated carbocycles. The van der Waals surface area contributed by atoms with Crippen LogP contribution >= 0.6 is 0 Å². The highest BCUT2D eigenvalue weighted by Crippen LogP contribution is 2.28. The van der Waals surface area contributed by atoms with Gasteiger partial charge in [0.25, 0.3) is 0 Å². The highest BCUT2D eigenvalue weighted by atomic mass is 16.3. The molecule has 0 bridgehead atoms. The molecule has 1 aromatic heterocycles. The Kier molecular flexibility index (Phi) is 3.78. The summed E-state index contributed by atoms with van der Waals surface area (Å²) in [7, 11) is 0. The largest absolute Gasteiger partial charge is 0.392 e. The number of aliphatic hydroxyl groups is 1. The normalized spacial score (nSPS) is 20.4. The predicted octanol–water partition coefficient (Wildman–Crippen LogP) is 2.20. The Bertz CT molecular complexity index is 340. The summed E-state index contributed by atoms with van der Waals surface area (Å²) < 4.78 is 0. The molecule has 0 radical (unpaired) electrons. The standard InChI is InChI=1S/C13H20N2O/c1-2-3-11-5-7-15(9-11)13-4-6-14-8-12(13)10-16/h4,6,8,11,16H,2-3,5,7,9-10H2,1H3. The fourth-order valence-corrected chi connectivity index (χ4v) is 2.55. The summed E-state index contributed by atoms with van der Waals surface area (Å²) in [5.74, 6) is 0.824. The van der Waals surface area contributed by atoms with Crippen molar-refractivity contribution >= 4 is 5.69 Å². The van der Waals surface area contributed by atoms with Crippen molar-refractivity contribution in [2.24, 2.45) is 5.92 Å². The molecule has 3 nitrogen and oxygen atoms in total. The summed E-state index contributed by atoms with van der Waals surface area (Å²) in [6, 6.07) is 2.01. The molecule has 16 heavy (non-hydrogen) atoms. The molecule has 1 aromatic rings. The summed E-state index contributed by atoms with van der Waals surface area (Å²) in [6.07, 6.45) is 7.43. The Morgan fingerprint density at radius 2 is 2.44 bits per heavy atom. The van der Waals surface area contributed by atoms with Crippen LogP contribution < -0.4 is 4.90 Å². The molecule has 1 aliphatic rings. The molecule has 2 heterocycles. The maximum atomic E-state index is 9.28. The number of aromatic nitrogens is 1. The van der Waals surface area contributed by atoms with Gasteiger partial charge in [-0.05, 0) is 24.8 Å². The lowest BCUT2D eigenvalue weighted by molar-refractivity contribution is 0.281. The van der Waals surface area contributed by atoms with Crippen LogP contribution in [-0.2, 0) is 6.61 Å². The van der Waals surface area contributed by atoms with Crippen molar-refractivity contribution in [1.29, 1.82) is 0 Å². The van der Waals surface area contributed by atoms with E-state index in [1.807, 2.05) is 12.3 Å². The van der Waals surface area contributed by atoms with Crippen molar-refractivity contribution in [2.45, 2.75) is 32.8 Å². The molecule has 0 spiro atoms. The fourth-order valence-electron chi connectivity index (χ4n) is 2.55. The van der Waals surface area contributed by atoms with E-state index in [2.05, 4.69) is 16.8 Å². The molecule has 1 unspecified atom stereocenters. The van der Waals surface area contributed by atoms with Crippen LogP contribution in [0.15, 0.2) is 18.5 Å². The second-order valence-corrected chi connectivity index (χ2v) is 4.55. The van der Waals surface area contributed by atoms with E-state index in [1.54, 1.807) is 6.20 Å². The minimum absolute atomic E-state index is 0.0815. The van der Waals surface area contributed by atoms with E-state index in [0.717, 1.165) is 30.3 Å². The number of pyridine rings is 1. The number of nitrogens with zero attached hydrogens (tertiary/aromatic N) is 2. The lowest BCUT2D eigenvalue weighted by Crippen LogP contribution is -2.21. The van der Waals surface area contributed by atoms with Crippen molar-refractivity contribution in [1.82, 2.24) is 4.98 Å². The average molecular weight is 220 g/mol. The zero-order valence-electron chi connectivity index (χ0n) is 9.89. The summed E-state index contributed by atoms with van der Waals surface area (Å²) >= 11 is 0. The van der Waals surface area contributed by atoms with Crippen molar-refractivity contribution in [2.75, 3.05) is 18.0 Å². The van der Waals surface area contributed by atoms with E-state index >= 15 is 0 Å². The van der Waals surface area contributed by atoms with Crippen molar-refractivity contribution < 1.29 is 5.11 Å². The summed E-state index contributed by atoms with van der Waals surface area (Å²) in [5.41, 5.74) is 2.11. The molecule has 0 amide bonds. The van der Waals surface area contributed by atoms with Crippen LogP contribution in [0.1, 0.15) is 31.7 Å². The summed E-state index contributed by atoms with van der Waals surface area (Å²) in [6.45, 7) is 4.57. The average Bonchev–Trinajstić information content (AvgIpc) is 2.78. The SMILES string of the molecule is CCCC1CCN(c2ccncc2CO)C1. The van der Waals surface area contributed by atoms with Crippen LogP contribution in [0, 0.1) is 5.92 Å². The third-order valence-electron chi connectivity index (χ3n) is 3.37. The third kappa shape index (κ3) is 2.35. The number of aliphatic hydroxyl groups excluding tert-OH is 1. The Morgan fingerprint density at radius 1 is 1.56 bits per heavy atom. The maximum Gasteiger partial charge on any atom is 0.0717 e. The van der Waals surface area contributed by atoms with Gasteiger partial charge < -0.3 is 10.0 Å². The van der Waals surface area contributed by atoms with Crippen molar-refractivity contribution in [3.8, 4) is 0 Å². The molecule has 0 aromatic carbocycles. The van der Waals surface area contributed by atoms with E-state index in [-0.39, 0.29) is 6.61 Å². The van der Waals surface area contributed by atoms with Crippen molar-refractivity contribution in [3.63, 3.8) is 0 Å². The van der Waals surface area contributed by atoms with Crippen LogP contribution in [0.3, 0.4) is 0 Å². The highest BCUT2D eigenvalue weighted by Gasteiger charge is 2.23. The van der Waals surface area contributed by atoms with Gasteiger partial charge in [0.1, 0.15) is 0 Å². The van der Waals surface area contributed by atoms with Gasteiger partial charge in [-0.2, -0.15) is 0 Å². The molecule has 3 heteroatoms. The summed E-state index contributed by atoms with van der Waals surface area (Å²) in [4.78, 5) is 6.44. The van der Waals surface area contributed by atoms with Gasteiger partial charge in [-0.1, -0.05) is 13.3 Å². The first-order valence-electron chi connectivity index (χ1n) is 6.13. The second-order valence-electron chi connectivity index (χ2n) is 4.55. The summed E-state index contributed by atoms with van der Waals surface area (Å²) in [5, 5.41) is 9.28. The molecule has 1 saturated heterocycles. The molecule has 1 N–H and O–H groups in total. The molecule has 1 atom stereocenters. The molecule has 88 valence electrons. The molecule has 2 rings (SSSR count). The topological polar surface area (TPSA) is 36.4 Å². The lowest BCUT2D eigenvalue weighted by Gasteiger charge is -2.21. The van der Waals surface area contributed by atoms with Gasteiger partial charge in [-0.15, -0.1) is 0 Å². The second kappa shape index (κ2) is 5.30. The van der Waals surface area contributed by atoms with Crippen LogP contribution in [-0.4, -0.2) is 23.2 Å². The number of rotatable bonds is 4. The molecule has 1 aliphatic heterocycles. The maximum absolute atomic E-state index is 9.28. The van der Waals surface area contributed by atoms with Gasteiger partial charge in [0.05, 0.1) is 6.61 Å². The van der Waals surface area contributed by atoms with E-state index in [9.17, 15) is 5.11 Å². The Balaban J connectivity index is 2.08. The zero-order valence-corrected chi connectivity index (χ0v) is 9.89. The van der Waals surface area contributed by atoms with Crippen LogP contribution in [0.4, 0.5) is 5.69 Å². The van der Waals surface area contributed by atoms with Gasteiger partial charge in [0.2, 0.25) is 0 Å². The van der Waals surface area contributed by atoms with Gasteiger partial charge in [-0.3, -0.25) is 4.98 Å². The van der Waals surface area contributed by atoms with E-state index < -0.39 is 0 Å². The van der Waals surface area contributed by atoms with Crippen molar-refractivity contribution in [3.05, 3.63) is 24.0 Å². The van der Waals surface area contributed by atoms with Crippen LogP contribution in [0.5, 0.6) is 0 Å². The van der Waals surface area contributed by atoms with E-state index in [0.29, 0.717) is 0 Å². The predicted molar refractivity (Wildman–Crippen MR) is 65.4 cm³/mol. The minimum Gasteiger partial charge on any atom is -0.392 e.